The predicted molar refractivity (Wildman–Crippen MR) is 102 cm³/mol. The molecule has 0 bridgehead atoms. The second-order valence-electron chi connectivity index (χ2n) is 6.40. The standard InChI is InChI=1S/C19H29N5O/c1-15(2)14-24-11-9-21-18(24)13-23-19(20-4)22-10-12-25-17-7-5-16(3)6-8-17/h5-9,11,15H,10,12-14H2,1-4H3,(H2,20,22,23). The first kappa shape index (κ1) is 18.8. The van der Waals surface area contributed by atoms with Gasteiger partial charge in [0.05, 0.1) is 13.1 Å². The Bertz CT molecular complexity index is 661. The van der Waals surface area contributed by atoms with Crippen molar-refractivity contribution in [3.05, 3.63) is 48.0 Å². The summed E-state index contributed by atoms with van der Waals surface area (Å²) in [5.41, 5.74) is 1.23. The summed E-state index contributed by atoms with van der Waals surface area (Å²) < 4.78 is 7.88. The summed E-state index contributed by atoms with van der Waals surface area (Å²) in [7, 11) is 1.76. The number of aliphatic imine (C=N–C) groups is 1. The van der Waals surface area contributed by atoms with Gasteiger partial charge < -0.3 is 19.9 Å². The minimum atomic E-state index is 0.575. The molecule has 0 saturated heterocycles. The van der Waals surface area contributed by atoms with E-state index in [0.29, 0.717) is 25.6 Å². The van der Waals surface area contributed by atoms with Gasteiger partial charge in [-0.05, 0) is 25.0 Å². The normalized spacial score (nSPS) is 11.6. The van der Waals surface area contributed by atoms with E-state index >= 15 is 0 Å². The van der Waals surface area contributed by atoms with E-state index in [9.17, 15) is 0 Å². The molecule has 2 rings (SSSR count). The number of aryl methyl sites for hydroxylation is 1. The van der Waals surface area contributed by atoms with Crippen LogP contribution in [0.25, 0.3) is 0 Å². The molecule has 0 aliphatic rings. The van der Waals surface area contributed by atoms with E-state index in [1.165, 1.54) is 5.56 Å². The molecule has 136 valence electrons. The van der Waals surface area contributed by atoms with Gasteiger partial charge in [-0.3, -0.25) is 4.99 Å². The summed E-state index contributed by atoms with van der Waals surface area (Å²) in [4.78, 5) is 8.65. The Morgan fingerprint density at radius 1 is 1.24 bits per heavy atom. The first-order valence-corrected chi connectivity index (χ1v) is 8.72. The maximum Gasteiger partial charge on any atom is 0.191 e. The quantitative estimate of drug-likeness (QED) is 0.439. The van der Waals surface area contributed by atoms with E-state index < -0.39 is 0 Å². The number of hydrogen-bond donors (Lipinski definition) is 2. The zero-order chi connectivity index (χ0) is 18.1. The van der Waals surface area contributed by atoms with E-state index in [4.69, 9.17) is 4.74 Å². The number of benzene rings is 1. The summed E-state index contributed by atoms with van der Waals surface area (Å²) in [5.74, 6) is 3.22. The highest BCUT2D eigenvalue weighted by Gasteiger charge is 2.05. The van der Waals surface area contributed by atoms with Crippen LogP contribution in [0.4, 0.5) is 0 Å². The van der Waals surface area contributed by atoms with Gasteiger partial charge in [-0.15, -0.1) is 0 Å². The molecule has 2 aromatic rings. The molecule has 6 heteroatoms. The molecule has 0 radical (unpaired) electrons. The van der Waals surface area contributed by atoms with Crippen LogP contribution in [0, 0.1) is 12.8 Å². The monoisotopic (exact) mass is 343 g/mol. The van der Waals surface area contributed by atoms with Gasteiger partial charge >= 0.3 is 0 Å². The van der Waals surface area contributed by atoms with Crippen LogP contribution in [0.5, 0.6) is 5.75 Å². The van der Waals surface area contributed by atoms with Crippen molar-refractivity contribution in [2.75, 3.05) is 20.2 Å². The van der Waals surface area contributed by atoms with Crippen LogP contribution in [0.1, 0.15) is 25.2 Å². The Hall–Kier alpha value is -2.50. The first-order valence-electron chi connectivity index (χ1n) is 8.72. The van der Waals surface area contributed by atoms with Crippen LogP contribution in [-0.2, 0) is 13.1 Å². The largest absolute Gasteiger partial charge is 0.492 e. The molecule has 2 N–H and O–H groups in total. The minimum absolute atomic E-state index is 0.575. The number of guanidine groups is 1. The van der Waals surface area contributed by atoms with Gasteiger partial charge in [-0.1, -0.05) is 31.5 Å². The number of rotatable bonds is 8. The van der Waals surface area contributed by atoms with E-state index in [0.717, 1.165) is 24.1 Å². The van der Waals surface area contributed by atoms with Gasteiger partial charge in [0.15, 0.2) is 5.96 Å². The number of nitrogens with zero attached hydrogens (tertiary/aromatic N) is 3. The van der Waals surface area contributed by atoms with Crippen molar-refractivity contribution in [3.8, 4) is 5.75 Å². The molecule has 6 nitrogen and oxygen atoms in total. The van der Waals surface area contributed by atoms with Crippen molar-refractivity contribution < 1.29 is 4.74 Å². The lowest BCUT2D eigenvalue weighted by molar-refractivity contribution is 0.322. The summed E-state index contributed by atoms with van der Waals surface area (Å²) >= 11 is 0. The third kappa shape index (κ3) is 6.49. The summed E-state index contributed by atoms with van der Waals surface area (Å²) in [6.07, 6.45) is 3.85. The van der Waals surface area contributed by atoms with Crippen molar-refractivity contribution in [3.63, 3.8) is 0 Å². The van der Waals surface area contributed by atoms with Crippen molar-refractivity contribution in [2.24, 2.45) is 10.9 Å². The summed E-state index contributed by atoms with van der Waals surface area (Å²) in [6, 6.07) is 8.05. The number of ether oxygens (including phenoxy) is 1. The molecule has 25 heavy (non-hydrogen) atoms. The van der Waals surface area contributed by atoms with Crippen LogP contribution in [0.3, 0.4) is 0 Å². The van der Waals surface area contributed by atoms with Crippen LogP contribution in [0.2, 0.25) is 0 Å². The molecule has 0 unspecified atom stereocenters. The minimum Gasteiger partial charge on any atom is -0.492 e. The Labute approximate surface area is 150 Å². The fourth-order valence-corrected chi connectivity index (χ4v) is 2.42. The molecule has 1 heterocycles. The molecule has 0 atom stereocenters. The van der Waals surface area contributed by atoms with E-state index in [-0.39, 0.29) is 0 Å². The molecule has 0 aliphatic carbocycles. The Kier molecular flexibility index (Phi) is 7.32. The topological polar surface area (TPSA) is 63.5 Å². The Morgan fingerprint density at radius 2 is 2.00 bits per heavy atom. The van der Waals surface area contributed by atoms with E-state index in [1.807, 2.05) is 36.7 Å². The number of imidazole rings is 1. The fourth-order valence-electron chi connectivity index (χ4n) is 2.42. The molecule has 0 saturated carbocycles. The summed E-state index contributed by atoms with van der Waals surface area (Å²) in [6.45, 7) is 9.32. The SMILES string of the molecule is CN=C(NCCOc1ccc(C)cc1)NCc1nccn1CC(C)C. The maximum absolute atomic E-state index is 5.71. The van der Waals surface area contributed by atoms with Crippen molar-refractivity contribution in [2.45, 2.75) is 33.9 Å². The first-order chi connectivity index (χ1) is 12.1. The highest BCUT2D eigenvalue weighted by molar-refractivity contribution is 5.79. The molecule has 0 fully saturated rings. The van der Waals surface area contributed by atoms with Crippen molar-refractivity contribution in [1.29, 1.82) is 0 Å². The second-order valence-corrected chi connectivity index (χ2v) is 6.40. The molecule has 0 amide bonds. The molecular formula is C19H29N5O. The lowest BCUT2D eigenvalue weighted by atomic mass is 10.2. The van der Waals surface area contributed by atoms with Crippen molar-refractivity contribution in [1.82, 2.24) is 20.2 Å². The van der Waals surface area contributed by atoms with Crippen LogP contribution in [0.15, 0.2) is 41.7 Å². The van der Waals surface area contributed by atoms with Crippen LogP contribution in [-0.4, -0.2) is 35.7 Å². The predicted octanol–water partition coefficient (Wildman–Crippen LogP) is 2.59. The van der Waals surface area contributed by atoms with Gasteiger partial charge in [0, 0.05) is 26.0 Å². The Balaban J connectivity index is 1.72. The highest BCUT2D eigenvalue weighted by atomic mass is 16.5. The lowest BCUT2D eigenvalue weighted by Gasteiger charge is -2.14. The van der Waals surface area contributed by atoms with Gasteiger partial charge in [-0.25, -0.2) is 4.98 Å². The lowest BCUT2D eigenvalue weighted by Crippen LogP contribution is -2.39. The average Bonchev–Trinajstić information content (AvgIpc) is 3.02. The third-order valence-corrected chi connectivity index (χ3v) is 3.69. The van der Waals surface area contributed by atoms with Crippen LogP contribution < -0.4 is 15.4 Å². The maximum atomic E-state index is 5.71. The van der Waals surface area contributed by atoms with Crippen molar-refractivity contribution >= 4 is 5.96 Å². The molecule has 0 spiro atoms. The summed E-state index contributed by atoms with van der Waals surface area (Å²) in [5, 5.41) is 6.54. The van der Waals surface area contributed by atoms with Gasteiger partial charge in [0.1, 0.15) is 18.2 Å². The van der Waals surface area contributed by atoms with Gasteiger partial charge in [0.2, 0.25) is 0 Å². The molecule has 1 aromatic heterocycles. The average molecular weight is 343 g/mol. The third-order valence-electron chi connectivity index (χ3n) is 3.69. The fraction of sp³-hybridized carbons (Fsp3) is 0.474. The zero-order valence-electron chi connectivity index (χ0n) is 15.6. The van der Waals surface area contributed by atoms with E-state index in [1.54, 1.807) is 7.05 Å². The zero-order valence-corrected chi connectivity index (χ0v) is 15.6. The van der Waals surface area contributed by atoms with E-state index in [2.05, 4.69) is 45.9 Å². The molecule has 1 aromatic carbocycles. The van der Waals surface area contributed by atoms with Gasteiger partial charge in [0.25, 0.3) is 0 Å². The number of hydrogen-bond acceptors (Lipinski definition) is 3. The van der Waals surface area contributed by atoms with Gasteiger partial charge in [-0.2, -0.15) is 0 Å². The smallest absolute Gasteiger partial charge is 0.191 e. The molecular weight excluding hydrogens is 314 g/mol. The van der Waals surface area contributed by atoms with Crippen LogP contribution >= 0.6 is 0 Å². The Morgan fingerprint density at radius 3 is 2.68 bits per heavy atom. The number of aromatic nitrogens is 2. The highest BCUT2D eigenvalue weighted by Crippen LogP contribution is 2.10. The second kappa shape index (κ2) is 9.71. The number of nitrogens with one attached hydrogen (secondary N) is 2. The molecule has 0 aliphatic heterocycles.